The van der Waals surface area contributed by atoms with Crippen molar-refractivity contribution in [3.63, 3.8) is 0 Å². The predicted molar refractivity (Wildman–Crippen MR) is 134 cm³/mol. The third kappa shape index (κ3) is 7.64. The number of nitrogens with zero attached hydrogens (tertiary/aromatic N) is 2. The number of carbonyl (C=O) groups is 1. The standard InChI is InChI=1S/C22H27N5O5S3/c1-3-4-13-23-35(31,32)19-7-5-6-17(15-19)21(28)25-22-27-26-20(33-22)12-14-24-34(29,30)18-10-8-16(2)9-11-18/h5-11,15,23-24H,3-4,12-14H2,1-2H3,(H,25,27,28). The van der Waals surface area contributed by atoms with Gasteiger partial charge < -0.3 is 0 Å². The Hall–Kier alpha value is -2.71. The largest absolute Gasteiger partial charge is 0.296 e. The highest BCUT2D eigenvalue weighted by molar-refractivity contribution is 7.89. The molecule has 1 heterocycles. The Balaban J connectivity index is 1.57. The Morgan fingerprint density at radius 3 is 2.31 bits per heavy atom. The zero-order valence-corrected chi connectivity index (χ0v) is 21.8. The molecule has 3 rings (SSSR count). The average molecular weight is 538 g/mol. The maximum atomic E-state index is 12.6. The normalized spacial score (nSPS) is 11.9. The van der Waals surface area contributed by atoms with Crippen molar-refractivity contribution in [3.05, 3.63) is 64.7 Å². The monoisotopic (exact) mass is 537 g/mol. The van der Waals surface area contributed by atoms with Gasteiger partial charge in [-0.05, 0) is 43.7 Å². The number of hydrogen-bond acceptors (Lipinski definition) is 8. The van der Waals surface area contributed by atoms with E-state index in [2.05, 4.69) is 25.0 Å². The van der Waals surface area contributed by atoms with Crippen molar-refractivity contribution in [3.8, 4) is 0 Å². The summed E-state index contributed by atoms with van der Waals surface area (Å²) in [6.07, 6.45) is 1.86. The molecule has 188 valence electrons. The van der Waals surface area contributed by atoms with Gasteiger partial charge in [-0.2, -0.15) is 0 Å². The van der Waals surface area contributed by atoms with E-state index in [1.54, 1.807) is 12.1 Å². The number of amides is 1. The second-order valence-corrected chi connectivity index (χ2v) is 12.3. The van der Waals surface area contributed by atoms with Gasteiger partial charge in [0, 0.05) is 25.1 Å². The lowest BCUT2D eigenvalue weighted by Gasteiger charge is -2.08. The quantitative estimate of drug-likeness (QED) is 0.301. The Morgan fingerprint density at radius 2 is 1.60 bits per heavy atom. The van der Waals surface area contributed by atoms with E-state index in [0.717, 1.165) is 23.3 Å². The van der Waals surface area contributed by atoms with Gasteiger partial charge in [0.2, 0.25) is 25.2 Å². The molecule has 3 N–H and O–H groups in total. The van der Waals surface area contributed by atoms with E-state index in [1.807, 2.05) is 13.8 Å². The molecule has 1 aromatic heterocycles. The molecular formula is C22H27N5O5S3. The van der Waals surface area contributed by atoms with Gasteiger partial charge >= 0.3 is 0 Å². The molecule has 3 aromatic rings. The van der Waals surface area contributed by atoms with Gasteiger partial charge in [-0.15, -0.1) is 10.2 Å². The molecule has 0 fully saturated rings. The molecule has 35 heavy (non-hydrogen) atoms. The number of aromatic nitrogens is 2. The molecule has 0 unspecified atom stereocenters. The van der Waals surface area contributed by atoms with Crippen molar-refractivity contribution in [2.45, 2.75) is 42.9 Å². The Bertz CT molecular complexity index is 1370. The molecule has 13 heteroatoms. The number of aryl methyl sites for hydroxylation is 1. The maximum absolute atomic E-state index is 12.6. The van der Waals surface area contributed by atoms with Crippen LogP contribution in [0.2, 0.25) is 0 Å². The van der Waals surface area contributed by atoms with Crippen LogP contribution >= 0.6 is 11.3 Å². The Morgan fingerprint density at radius 1 is 0.914 bits per heavy atom. The summed E-state index contributed by atoms with van der Waals surface area (Å²) in [5, 5.41) is 11.2. The Kier molecular flexibility index (Phi) is 9.08. The topological polar surface area (TPSA) is 147 Å². The van der Waals surface area contributed by atoms with Crippen LogP contribution in [0.15, 0.2) is 58.3 Å². The number of carbonyl (C=O) groups excluding carboxylic acids is 1. The number of anilines is 1. The van der Waals surface area contributed by atoms with Crippen molar-refractivity contribution in [2.24, 2.45) is 0 Å². The second-order valence-electron chi connectivity index (χ2n) is 7.70. The molecule has 0 aliphatic rings. The summed E-state index contributed by atoms with van der Waals surface area (Å²) in [5.74, 6) is -0.529. The zero-order valence-electron chi connectivity index (χ0n) is 19.3. The van der Waals surface area contributed by atoms with Crippen LogP contribution in [0, 0.1) is 6.92 Å². The van der Waals surface area contributed by atoms with Crippen LogP contribution in [0.5, 0.6) is 0 Å². The SMILES string of the molecule is CCCCNS(=O)(=O)c1cccc(C(=O)Nc2nnc(CCNS(=O)(=O)c3ccc(C)cc3)s2)c1. The summed E-state index contributed by atoms with van der Waals surface area (Å²) >= 11 is 1.11. The lowest BCUT2D eigenvalue weighted by molar-refractivity contribution is 0.102. The van der Waals surface area contributed by atoms with Crippen LogP contribution in [-0.4, -0.2) is 46.0 Å². The predicted octanol–water partition coefficient (Wildman–Crippen LogP) is 2.70. The number of benzene rings is 2. The molecule has 2 aromatic carbocycles. The van der Waals surface area contributed by atoms with E-state index < -0.39 is 26.0 Å². The maximum Gasteiger partial charge on any atom is 0.257 e. The van der Waals surface area contributed by atoms with E-state index in [4.69, 9.17) is 0 Å². The van der Waals surface area contributed by atoms with Crippen molar-refractivity contribution in [1.82, 2.24) is 19.6 Å². The molecule has 0 spiro atoms. The number of hydrogen-bond donors (Lipinski definition) is 3. The lowest BCUT2D eigenvalue weighted by Crippen LogP contribution is -2.25. The van der Waals surface area contributed by atoms with Gasteiger partial charge in [0.25, 0.3) is 5.91 Å². The molecule has 0 aliphatic carbocycles. The third-order valence-corrected chi connectivity index (χ3v) is 8.71. The minimum atomic E-state index is -3.71. The van der Waals surface area contributed by atoms with Gasteiger partial charge in [-0.3, -0.25) is 10.1 Å². The van der Waals surface area contributed by atoms with Gasteiger partial charge in [-0.25, -0.2) is 26.3 Å². The highest BCUT2D eigenvalue weighted by Crippen LogP contribution is 2.18. The minimum Gasteiger partial charge on any atom is -0.296 e. The smallest absolute Gasteiger partial charge is 0.257 e. The highest BCUT2D eigenvalue weighted by Gasteiger charge is 2.17. The van der Waals surface area contributed by atoms with Crippen LogP contribution in [0.3, 0.4) is 0 Å². The molecule has 0 atom stereocenters. The fourth-order valence-corrected chi connectivity index (χ4v) is 5.82. The minimum absolute atomic E-state index is 0.0000613. The van der Waals surface area contributed by atoms with E-state index in [0.29, 0.717) is 18.0 Å². The average Bonchev–Trinajstić information content (AvgIpc) is 3.26. The molecule has 0 aliphatic heterocycles. The lowest BCUT2D eigenvalue weighted by atomic mass is 10.2. The molecule has 10 nitrogen and oxygen atoms in total. The van der Waals surface area contributed by atoms with Gasteiger partial charge in [-0.1, -0.05) is 48.4 Å². The van der Waals surface area contributed by atoms with E-state index >= 15 is 0 Å². The molecule has 1 amide bonds. The summed E-state index contributed by atoms with van der Waals surface area (Å²) in [6.45, 7) is 4.27. The van der Waals surface area contributed by atoms with Gasteiger partial charge in [0.15, 0.2) is 0 Å². The summed E-state index contributed by atoms with van der Waals surface area (Å²) in [6, 6.07) is 12.2. The number of nitrogens with one attached hydrogen (secondary N) is 3. The fourth-order valence-electron chi connectivity index (χ4n) is 2.94. The molecule has 0 bridgehead atoms. The van der Waals surface area contributed by atoms with Gasteiger partial charge in [0.05, 0.1) is 9.79 Å². The van der Waals surface area contributed by atoms with Crippen LogP contribution in [0.1, 0.15) is 40.7 Å². The summed E-state index contributed by atoms with van der Waals surface area (Å²) in [5.41, 5.74) is 1.12. The molecule has 0 radical (unpaired) electrons. The van der Waals surface area contributed by atoms with Crippen molar-refractivity contribution in [1.29, 1.82) is 0 Å². The van der Waals surface area contributed by atoms with Crippen LogP contribution < -0.4 is 14.8 Å². The summed E-state index contributed by atoms with van der Waals surface area (Å²) < 4.78 is 54.6. The first-order chi connectivity index (χ1) is 16.6. The first kappa shape index (κ1) is 26.9. The fraction of sp³-hybridized carbons (Fsp3) is 0.318. The summed E-state index contributed by atoms with van der Waals surface area (Å²) in [4.78, 5) is 12.8. The first-order valence-electron chi connectivity index (χ1n) is 10.9. The summed E-state index contributed by atoms with van der Waals surface area (Å²) in [7, 11) is -7.35. The van der Waals surface area contributed by atoms with Crippen LogP contribution in [-0.2, 0) is 26.5 Å². The van der Waals surface area contributed by atoms with Crippen molar-refractivity contribution < 1.29 is 21.6 Å². The number of sulfonamides is 2. The highest BCUT2D eigenvalue weighted by atomic mass is 32.2. The first-order valence-corrected chi connectivity index (χ1v) is 14.7. The van der Waals surface area contributed by atoms with Crippen LogP contribution in [0.25, 0.3) is 0 Å². The van der Waals surface area contributed by atoms with Crippen molar-refractivity contribution in [2.75, 3.05) is 18.4 Å². The van der Waals surface area contributed by atoms with Crippen molar-refractivity contribution >= 4 is 42.4 Å². The number of unbranched alkanes of at least 4 members (excludes halogenated alkanes) is 1. The van der Waals surface area contributed by atoms with E-state index in [-0.39, 0.29) is 33.5 Å². The second kappa shape index (κ2) is 11.8. The number of rotatable bonds is 12. The Labute approximate surface area is 209 Å². The van der Waals surface area contributed by atoms with Gasteiger partial charge in [0.1, 0.15) is 5.01 Å². The van der Waals surface area contributed by atoms with E-state index in [9.17, 15) is 21.6 Å². The molecule has 0 saturated heterocycles. The molecule has 0 saturated carbocycles. The van der Waals surface area contributed by atoms with Crippen LogP contribution in [0.4, 0.5) is 5.13 Å². The third-order valence-electron chi connectivity index (χ3n) is 4.88. The van der Waals surface area contributed by atoms with E-state index in [1.165, 1.54) is 36.4 Å². The molecular weight excluding hydrogens is 510 g/mol. The zero-order chi connectivity index (χ0) is 25.5.